The quantitative estimate of drug-likeness (QED) is 0.174. The van der Waals surface area contributed by atoms with E-state index in [0.717, 1.165) is 26.7 Å². The Morgan fingerprint density at radius 3 is 2.37 bits per heavy atom. The lowest BCUT2D eigenvalue weighted by molar-refractivity contribution is -0.0185. The SMILES string of the molecule is CC(=O)c1cccc([C@H]2C[C@@H](c3ccccc3)N(C(=O)c3ccccc3I)N2Cc2ccsc2)c1. The van der Waals surface area contributed by atoms with Crippen LogP contribution in [0.5, 0.6) is 0 Å². The molecule has 2 heterocycles. The number of rotatable bonds is 6. The number of amides is 1. The normalized spacial score (nSPS) is 18.1. The van der Waals surface area contributed by atoms with Gasteiger partial charge in [0.1, 0.15) is 0 Å². The van der Waals surface area contributed by atoms with Crippen molar-refractivity contribution < 1.29 is 9.59 Å². The van der Waals surface area contributed by atoms with Crippen LogP contribution >= 0.6 is 33.9 Å². The van der Waals surface area contributed by atoms with E-state index in [1.165, 1.54) is 0 Å². The Labute approximate surface area is 223 Å². The van der Waals surface area contributed by atoms with E-state index in [9.17, 15) is 9.59 Å². The van der Waals surface area contributed by atoms with Crippen LogP contribution < -0.4 is 0 Å². The van der Waals surface area contributed by atoms with Crippen LogP contribution in [0.1, 0.15) is 62.8 Å². The number of halogens is 1. The zero-order chi connectivity index (χ0) is 24.4. The lowest BCUT2D eigenvalue weighted by atomic mass is 9.95. The van der Waals surface area contributed by atoms with Crippen LogP contribution in [0.4, 0.5) is 0 Å². The molecule has 1 saturated heterocycles. The molecule has 2 atom stereocenters. The van der Waals surface area contributed by atoms with E-state index in [0.29, 0.717) is 17.7 Å². The molecule has 0 N–H and O–H groups in total. The van der Waals surface area contributed by atoms with Crippen LogP contribution in [-0.4, -0.2) is 21.7 Å². The first kappa shape index (κ1) is 23.9. The molecule has 0 radical (unpaired) electrons. The van der Waals surface area contributed by atoms with Crippen molar-refractivity contribution in [3.05, 3.63) is 127 Å². The molecule has 1 fully saturated rings. The zero-order valence-electron chi connectivity index (χ0n) is 19.3. The number of thiophene rings is 1. The van der Waals surface area contributed by atoms with Gasteiger partial charge in [-0.2, -0.15) is 11.3 Å². The highest BCUT2D eigenvalue weighted by Gasteiger charge is 2.44. The predicted octanol–water partition coefficient (Wildman–Crippen LogP) is 7.30. The summed E-state index contributed by atoms with van der Waals surface area (Å²) in [5.74, 6) is 0.0323. The number of hydrogen-bond acceptors (Lipinski definition) is 4. The third-order valence-electron chi connectivity index (χ3n) is 6.48. The molecule has 1 aliphatic heterocycles. The topological polar surface area (TPSA) is 40.6 Å². The van der Waals surface area contributed by atoms with Crippen molar-refractivity contribution in [2.75, 3.05) is 0 Å². The lowest BCUT2D eigenvalue weighted by Gasteiger charge is -2.35. The summed E-state index contributed by atoms with van der Waals surface area (Å²) in [5, 5.41) is 8.35. The van der Waals surface area contributed by atoms with Crippen molar-refractivity contribution in [3.8, 4) is 0 Å². The van der Waals surface area contributed by atoms with Gasteiger partial charge in [-0.25, -0.2) is 5.01 Å². The smallest absolute Gasteiger partial charge is 0.269 e. The minimum Gasteiger partial charge on any atom is -0.295 e. The van der Waals surface area contributed by atoms with E-state index in [1.807, 2.05) is 65.7 Å². The molecule has 4 nitrogen and oxygen atoms in total. The molecule has 176 valence electrons. The second kappa shape index (κ2) is 10.4. The molecule has 1 aromatic heterocycles. The predicted molar refractivity (Wildman–Crippen MR) is 148 cm³/mol. The first-order valence-electron chi connectivity index (χ1n) is 11.5. The molecule has 1 amide bonds. The largest absolute Gasteiger partial charge is 0.295 e. The van der Waals surface area contributed by atoms with Crippen molar-refractivity contribution in [3.63, 3.8) is 0 Å². The highest BCUT2D eigenvalue weighted by molar-refractivity contribution is 14.1. The third-order valence-corrected chi connectivity index (χ3v) is 8.15. The molecule has 0 saturated carbocycles. The maximum absolute atomic E-state index is 14.2. The van der Waals surface area contributed by atoms with Crippen LogP contribution in [0.25, 0.3) is 0 Å². The van der Waals surface area contributed by atoms with Crippen LogP contribution in [0, 0.1) is 3.57 Å². The van der Waals surface area contributed by atoms with Gasteiger partial charge in [0.05, 0.1) is 17.6 Å². The Balaban J connectivity index is 1.64. The minimum absolute atomic E-state index is 0.00990. The molecule has 1 aliphatic rings. The molecule has 0 unspecified atom stereocenters. The molecule has 6 heteroatoms. The minimum atomic E-state index is -0.121. The molecular formula is C29H25IN2O2S. The molecule has 0 aliphatic carbocycles. The summed E-state index contributed by atoms with van der Waals surface area (Å²) in [6.07, 6.45) is 0.741. The van der Waals surface area contributed by atoms with Gasteiger partial charge in [-0.1, -0.05) is 60.7 Å². The van der Waals surface area contributed by atoms with Gasteiger partial charge < -0.3 is 0 Å². The Morgan fingerprint density at radius 1 is 0.914 bits per heavy atom. The third kappa shape index (κ3) is 4.96. The molecule has 0 bridgehead atoms. The molecular weight excluding hydrogens is 567 g/mol. The van der Waals surface area contributed by atoms with Crippen molar-refractivity contribution in [1.82, 2.24) is 10.0 Å². The molecule has 3 aromatic carbocycles. The van der Waals surface area contributed by atoms with E-state index in [1.54, 1.807) is 18.3 Å². The fourth-order valence-corrected chi connectivity index (χ4v) is 6.04. The van der Waals surface area contributed by atoms with Gasteiger partial charge in [-0.15, -0.1) is 0 Å². The molecule has 4 aromatic rings. The van der Waals surface area contributed by atoms with Gasteiger partial charge in [0.2, 0.25) is 0 Å². The number of Topliss-reactive ketones (excluding diaryl/α,β-unsaturated/α-hetero) is 1. The van der Waals surface area contributed by atoms with Gasteiger partial charge in [0, 0.05) is 15.7 Å². The van der Waals surface area contributed by atoms with Gasteiger partial charge in [0.25, 0.3) is 5.91 Å². The average molecular weight is 593 g/mol. The van der Waals surface area contributed by atoms with Crippen molar-refractivity contribution in [2.24, 2.45) is 0 Å². The number of hydrogen-bond donors (Lipinski definition) is 0. The molecule has 0 spiro atoms. The van der Waals surface area contributed by atoms with Gasteiger partial charge >= 0.3 is 0 Å². The van der Waals surface area contributed by atoms with Crippen LogP contribution in [0.2, 0.25) is 0 Å². The van der Waals surface area contributed by atoms with Gasteiger partial charge in [-0.05, 0) is 87.7 Å². The van der Waals surface area contributed by atoms with Crippen LogP contribution in [0.15, 0.2) is 95.7 Å². The average Bonchev–Trinajstić information content (AvgIpc) is 3.53. The second-order valence-corrected chi connectivity index (χ2v) is 10.7. The summed E-state index contributed by atoms with van der Waals surface area (Å²) in [6.45, 7) is 2.20. The summed E-state index contributed by atoms with van der Waals surface area (Å²) in [7, 11) is 0. The van der Waals surface area contributed by atoms with Crippen molar-refractivity contribution >= 4 is 45.6 Å². The van der Waals surface area contributed by atoms with E-state index in [4.69, 9.17) is 0 Å². The lowest BCUT2D eigenvalue weighted by Crippen LogP contribution is -2.43. The number of carbonyl (C=O) groups excluding carboxylic acids is 2. The Bertz CT molecular complexity index is 1340. The van der Waals surface area contributed by atoms with E-state index in [2.05, 4.69) is 62.6 Å². The van der Waals surface area contributed by atoms with Crippen molar-refractivity contribution in [2.45, 2.75) is 32.0 Å². The summed E-state index contributed by atoms with van der Waals surface area (Å²) < 4.78 is 0.930. The number of benzene rings is 3. The Morgan fingerprint density at radius 2 is 1.66 bits per heavy atom. The highest BCUT2D eigenvalue weighted by atomic mass is 127. The highest BCUT2D eigenvalue weighted by Crippen LogP contribution is 2.46. The second-order valence-electron chi connectivity index (χ2n) is 8.72. The monoisotopic (exact) mass is 592 g/mol. The standard InChI is InChI=1S/C29H25IN2O2S/c1-20(33)23-10-7-11-24(16-23)27-17-28(22-8-3-2-4-9-22)32(31(27)18-21-14-15-35-19-21)29(34)25-12-5-6-13-26(25)30/h2-16,19,27-28H,17-18H2,1H3/t27-,28+/m1/s1. The summed E-state index contributed by atoms with van der Waals surface area (Å²) in [4.78, 5) is 26.3. The number of carbonyl (C=O) groups is 2. The Kier molecular flexibility index (Phi) is 7.13. The van der Waals surface area contributed by atoms with E-state index in [-0.39, 0.29) is 23.8 Å². The van der Waals surface area contributed by atoms with E-state index < -0.39 is 0 Å². The fourth-order valence-electron chi connectivity index (χ4n) is 4.76. The molecule has 5 rings (SSSR count). The maximum Gasteiger partial charge on any atom is 0.269 e. The zero-order valence-corrected chi connectivity index (χ0v) is 22.3. The van der Waals surface area contributed by atoms with Gasteiger partial charge in [-0.3, -0.25) is 14.6 Å². The Hall–Kier alpha value is -2.81. The van der Waals surface area contributed by atoms with E-state index >= 15 is 0 Å². The summed E-state index contributed by atoms with van der Waals surface area (Å²) >= 11 is 3.90. The number of hydrazine groups is 1. The van der Waals surface area contributed by atoms with Crippen molar-refractivity contribution in [1.29, 1.82) is 0 Å². The number of ketones is 1. The van der Waals surface area contributed by atoms with Gasteiger partial charge in [0.15, 0.2) is 5.78 Å². The number of nitrogens with zero attached hydrogens (tertiary/aromatic N) is 2. The summed E-state index contributed by atoms with van der Waals surface area (Å²) in [5.41, 5.74) is 4.70. The van der Waals surface area contributed by atoms with Crippen LogP contribution in [-0.2, 0) is 6.54 Å². The fraction of sp³-hybridized carbons (Fsp3) is 0.172. The molecule has 35 heavy (non-hydrogen) atoms. The maximum atomic E-state index is 14.2. The first-order valence-corrected chi connectivity index (χ1v) is 13.6. The first-order chi connectivity index (χ1) is 17.0. The van der Waals surface area contributed by atoms with Crippen LogP contribution in [0.3, 0.4) is 0 Å². The summed E-state index contributed by atoms with van der Waals surface area (Å²) in [6, 6.07) is 27.8.